The van der Waals surface area contributed by atoms with Crippen LogP contribution in [0.4, 0.5) is 4.79 Å². The Morgan fingerprint density at radius 1 is 0.831 bits per heavy atom. The highest BCUT2D eigenvalue weighted by Crippen LogP contribution is 2.27. The van der Waals surface area contributed by atoms with Crippen LogP contribution in [0.5, 0.6) is 5.75 Å². The van der Waals surface area contributed by atoms with Crippen molar-refractivity contribution in [3.8, 4) is 5.75 Å². The van der Waals surface area contributed by atoms with Crippen molar-refractivity contribution in [2.24, 2.45) is 5.92 Å². The van der Waals surface area contributed by atoms with Crippen LogP contribution in [0.25, 0.3) is 0 Å². The van der Waals surface area contributed by atoms with Gasteiger partial charge in [0.25, 0.3) is 5.91 Å². The molecule has 1 fully saturated rings. The number of rotatable bonds is 12. The van der Waals surface area contributed by atoms with Crippen molar-refractivity contribution in [1.82, 2.24) is 26.6 Å². The van der Waals surface area contributed by atoms with E-state index in [1.807, 2.05) is 6.07 Å². The summed E-state index contributed by atoms with van der Waals surface area (Å²) in [4.78, 5) is 94.0. The molecule has 5 amide bonds. The van der Waals surface area contributed by atoms with Crippen molar-refractivity contribution >= 4 is 41.5 Å². The van der Waals surface area contributed by atoms with Crippen LogP contribution in [-0.4, -0.2) is 85.0 Å². The third kappa shape index (κ3) is 15.7. The molecule has 2 aromatic carbocycles. The lowest BCUT2D eigenvalue weighted by molar-refractivity contribution is -0.158. The van der Waals surface area contributed by atoms with Crippen molar-refractivity contribution in [1.29, 1.82) is 0 Å². The second-order valence-corrected chi connectivity index (χ2v) is 16.2. The fourth-order valence-corrected chi connectivity index (χ4v) is 7.15. The highest BCUT2D eigenvalue weighted by Gasteiger charge is 2.36. The van der Waals surface area contributed by atoms with Crippen LogP contribution >= 0.6 is 0 Å². The topological polar surface area (TPSA) is 207 Å². The molecule has 0 radical (unpaired) electrons. The van der Waals surface area contributed by atoms with E-state index in [0.717, 1.165) is 38.5 Å². The van der Waals surface area contributed by atoms with E-state index in [0.29, 0.717) is 49.2 Å². The quantitative estimate of drug-likeness (QED) is 0.150. The first-order valence-electron chi connectivity index (χ1n) is 20.9. The minimum Gasteiger partial charge on any atom is -0.494 e. The summed E-state index contributed by atoms with van der Waals surface area (Å²) in [5.41, 5.74) is 0.305. The molecule has 322 valence electrons. The molecule has 5 N–H and O–H groups in total. The van der Waals surface area contributed by atoms with E-state index < -0.39 is 77.8 Å². The van der Waals surface area contributed by atoms with Crippen LogP contribution in [0.3, 0.4) is 0 Å². The number of benzene rings is 2. The summed E-state index contributed by atoms with van der Waals surface area (Å²) in [6, 6.07) is 11.0. The first-order valence-corrected chi connectivity index (χ1v) is 20.9. The number of cyclic esters (lactones) is 1. The van der Waals surface area contributed by atoms with E-state index >= 15 is 0 Å². The lowest BCUT2D eigenvalue weighted by Crippen LogP contribution is -2.59. The fraction of sp³-hybridized carbons (Fsp3) is 0.568. The van der Waals surface area contributed by atoms with Crippen molar-refractivity contribution in [3.05, 3.63) is 65.7 Å². The van der Waals surface area contributed by atoms with Crippen molar-refractivity contribution in [3.63, 3.8) is 0 Å². The summed E-state index contributed by atoms with van der Waals surface area (Å²) in [5, 5.41) is 13.2. The molecule has 1 heterocycles. The van der Waals surface area contributed by atoms with Crippen LogP contribution in [-0.2, 0) is 44.7 Å². The number of nitrogens with one attached hydrogen (secondary N) is 5. The number of carbonyl (C=O) groups is 7. The number of amides is 5. The Morgan fingerprint density at radius 3 is 2.19 bits per heavy atom. The molecule has 0 aromatic heterocycles. The van der Waals surface area contributed by atoms with Gasteiger partial charge < -0.3 is 40.8 Å². The number of esters is 1. The number of ketones is 1. The molecule has 0 spiro atoms. The van der Waals surface area contributed by atoms with Gasteiger partial charge in [0, 0.05) is 6.42 Å². The highest BCUT2D eigenvalue weighted by atomic mass is 16.6. The number of carbonyl (C=O) groups excluding carboxylic acids is 7. The fourth-order valence-electron chi connectivity index (χ4n) is 7.15. The van der Waals surface area contributed by atoms with Gasteiger partial charge in [0.15, 0.2) is 6.04 Å². The summed E-state index contributed by atoms with van der Waals surface area (Å²) in [7, 11) is 0. The van der Waals surface area contributed by atoms with Gasteiger partial charge in [-0.3, -0.25) is 24.0 Å². The molecule has 1 aliphatic carbocycles. The molecular weight excluding hydrogens is 759 g/mol. The Balaban J connectivity index is 1.50. The molecule has 2 aromatic rings. The Hall–Kier alpha value is -5.47. The largest absolute Gasteiger partial charge is 0.494 e. The average Bonchev–Trinajstić information content (AvgIpc) is 3.21. The Kier molecular flexibility index (Phi) is 18.2. The number of fused-ring (bicyclic) bond motifs is 2. The maximum atomic E-state index is 14.1. The van der Waals surface area contributed by atoms with Crippen LogP contribution in [0.15, 0.2) is 54.6 Å². The Bertz CT molecular complexity index is 1740. The minimum absolute atomic E-state index is 0.0102. The van der Waals surface area contributed by atoms with E-state index in [-0.39, 0.29) is 25.4 Å². The molecule has 4 rings (SSSR count). The van der Waals surface area contributed by atoms with Gasteiger partial charge in [0.1, 0.15) is 23.4 Å². The van der Waals surface area contributed by atoms with Gasteiger partial charge in [-0.15, -0.1) is 0 Å². The van der Waals surface area contributed by atoms with Crippen molar-refractivity contribution in [2.45, 2.75) is 135 Å². The molecular formula is C44H61N5O10. The highest BCUT2D eigenvalue weighted by molar-refractivity contribution is 6.38. The number of alkyl carbamates (subject to hydrolysis) is 1. The SMILES string of the molecule is CCCC(NC(=O)C1Cc2cccc(c2)OCCCCCCOC(=O)NC(C2CCCCC2)C(=O)N1)C(=O)C(=O)NCC(=O)N[C@H](C(=O)OC(C)(C)C)c1ccccc1. The summed E-state index contributed by atoms with van der Waals surface area (Å²) < 4.78 is 16.9. The molecule has 3 unspecified atom stereocenters. The minimum atomic E-state index is -1.30. The molecule has 15 heteroatoms. The smallest absolute Gasteiger partial charge is 0.407 e. The number of hydrogen-bond donors (Lipinski definition) is 5. The zero-order chi connectivity index (χ0) is 42.8. The summed E-state index contributed by atoms with van der Waals surface area (Å²) >= 11 is 0. The number of hydrogen-bond acceptors (Lipinski definition) is 10. The molecule has 2 aliphatic rings. The second-order valence-electron chi connectivity index (χ2n) is 16.2. The van der Waals surface area contributed by atoms with Crippen LogP contribution < -0.4 is 31.3 Å². The van der Waals surface area contributed by atoms with Gasteiger partial charge in [-0.25, -0.2) is 9.59 Å². The number of Topliss-reactive ketones (excluding diaryl/α,β-unsaturated/α-hetero) is 1. The Labute approximate surface area is 346 Å². The predicted molar refractivity (Wildman–Crippen MR) is 219 cm³/mol. The normalized spacial score (nSPS) is 19.7. The Morgan fingerprint density at radius 2 is 1.51 bits per heavy atom. The molecule has 15 nitrogen and oxygen atoms in total. The zero-order valence-electron chi connectivity index (χ0n) is 34.8. The summed E-state index contributed by atoms with van der Waals surface area (Å²) in [6.45, 7) is 6.90. The monoisotopic (exact) mass is 819 g/mol. The van der Waals surface area contributed by atoms with Crippen LogP contribution in [0, 0.1) is 5.92 Å². The predicted octanol–water partition coefficient (Wildman–Crippen LogP) is 4.51. The third-order valence-corrected chi connectivity index (χ3v) is 10.1. The van der Waals surface area contributed by atoms with Gasteiger partial charge in [-0.05, 0) is 94.9 Å². The molecule has 1 aliphatic heterocycles. The lowest BCUT2D eigenvalue weighted by atomic mass is 9.83. The van der Waals surface area contributed by atoms with E-state index in [9.17, 15) is 33.6 Å². The van der Waals surface area contributed by atoms with Gasteiger partial charge in [0.2, 0.25) is 23.5 Å². The van der Waals surface area contributed by atoms with Crippen molar-refractivity contribution in [2.75, 3.05) is 19.8 Å². The molecule has 1 saturated carbocycles. The van der Waals surface area contributed by atoms with Gasteiger partial charge >= 0.3 is 12.1 Å². The second kappa shape index (κ2) is 23.2. The van der Waals surface area contributed by atoms with E-state index in [4.69, 9.17) is 14.2 Å². The van der Waals surface area contributed by atoms with Crippen LogP contribution in [0.2, 0.25) is 0 Å². The first kappa shape index (κ1) is 46.2. The van der Waals surface area contributed by atoms with Gasteiger partial charge in [-0.2, -0.15) is 0 Å². The zero-order valence-corrected chi connectivity index (χ0v) is 34.8. The summed E-state index contributed by atoms with van der Waals surface area (Å²) in [5.74, 6) is -4.42. The van der Waals surface area contributed by atoms with Crippen molar-refractivity contribution < 1.29 is 47.8 Å². The standard InChI is InChI=1S/C44H61N5O10/c1-5-17-33(38(51)41(54)45-28-35(50)48-37(31-21-12-9-13-22-31)42(55)59-44(2,3)4)46-39(52)34-27-29-18-16-23-32(26-29)57-24-14-6-7-15-25-58-43(56)49-36(40(53)47-34)30-19-10-8-11-20-30/h9,12-13,16,18,21-23,26,30,33-34,36-37H,5-8,10-11,14-15,17,19-20,24-25,27-28H2,1-4H3,(H,45,54)(H,46,52)(H,47,53)(H,48,50)(H,49,56)/t33?,34?,36?,37-/m0/s1. The van der Waals surface area contributed by atoms with Gasteiger partial charge in [-0.1, -0.05) is 75.1 Å². The first-order chi connectivity index (χ1) is 28.2. The third-order valence-electron chi connectivity index (χ3n) is 10.1. The molecule has 2 bridgehead atoms. The van der Waals surface area contributed by atoms with Crippen LogP contribution in [0.1, 0.15) is 115 Å². The van der Waals surface area contributed by atoms with Gasteiger partial charge in [0.05, 0.1) is 25.8 Å². The van der Waals surface area contributed by atoms with E-state index in [1.165, 1.54) is 0 Å². The number of ether oxygens (including phenoxy) is 3. The lowest BCUT2D eigenvalue weighted by Gasteiger charge is -2.31. The maximum Gasteiger partial charge on any atom is 0.407 e. The average molecular weight is 820 g/mol. The molecule has 4 atom stereocenters. The summed E-state index contributed by atoms with van der Waals surface area (Å²) in [6.07, 6.45) is 7.22. The molecule has 0 saturated heterocycles. The maximum absolute atomic E-state index is 14.1. The van der Waals surface area contributed by atoms with E-state index in [2.05, 4.69) is 26.6 Å². The molecule has 59 heavy (non-hydrogen) atoms. The van der Waals surface area contributed by atoms with E-state index in [1.54, 1.807) is 76.2 Å².